The number of rotatable bonds is 3. The second kappa shape index (κ2) is 9.73. The van der Waals surface area contributed by atoms with Crippen LogP contribution in [0.4, 0.5) is 11.4 Å². The molecule has 2 amide bonds. The molecule has 29 heavy (non-hydrogen) atoms. The van der Waals surface area contributed by atoms with E-state index in [2.05, 4.69) is 38.1 Å². The number of amides is 2. The molecule has 0 atom stereocenters. The summed E-state index contributed by atoms with van der Waals surface area (Å²) in [6, 6.07) is 12.8. The van der Waals surface area contributed by atoms with Crippen molar-refractivity contribution in [3.8, 4) is 0 Å². The second-order valence-electron chi connectivity index (χ2n) is 6.57. The molecular weight excluding hydrogens is 523 g/mol. The van der Waals surface area contributed by atoms with E-state index in [4.69, 9.17) is 23.8 Å². The Bertz CT molecular complexity index is 931. The quantitative estimate of drug-likeness (QED) is 0.457. The highest BCUT2D eigenvalue weighted by Crippen LogP contribution is 2.29. The average Bonchev–Trinajstić information content (AvgIpc) is 2.68. The summed E-state index contributed by atoms with van der Waals surface area (Å²) in [5.74, 6) is -0.180. The van der Waals surface area contributed by atoms with Crippen LogP contribution in [0.1, 0.15) is 17.3 Å². The van der Waals surface area contributed by atoms with Crippen molar-refractivity contribution < 1.29 is 9.59 Å². The summed E-state index contributed by atoms with van der Waals surface area (Å²) in [7, 11) is 0. The summed E-state index contributed by atoms with van der Waals surface area (Å²) in [5, 5.41) is 6.44. The van der Waals surface area contributed by atoms with Crippen LogP contribution in [0.15, 0.2) is 42.5 Å². The molecule has 2 aromatic rings. The third-order valence-corrected chi connectivity index (χ3v) is 5.83. The normalized spacial score (nSPS) is 13.8. The number of anilines is 2. The van der Waals surface area contributed by atoms with E-state index >= 15 is 0 Å². The van der Waals surface area contributed by atoms with Crippen molar-refractivity contribution >= 4 is 74.7 Å². The van der Waals surface area contributed by atoms with Crippen LogP contribution < -0.4 is 15.5 Å². The third-order valence-electron chi connectivity index (χ3n) is 4.60. The van der Waals surface area contributed by atoms with Crippen molar-refractivity contribution in [3.05, 3.63) is 56.6 Å². The molecular formula is C20H20ClIN4O2S. The zero-order valence-electron chi connectivity index (χ0n) is 15.7. The lowest BCUT2D eigenvalue weighted by molar-refractivity contribution is -0.129. The fourth-order valence-corrected chi connectivity index (χ4v) is 3.91. The van der Waals surface area contributed by atoms with Gasteiger partial charge in [0.05, 0.1) is 10.7 Å². The van der Waals surface area contributed by atoms with Crippen molar-refractivity contribution in [2.75, 3.05) is 36.4 Å². The molecule has 9 heteroatoms. The summed E-state index contributed by atoms with van der Waals surface area (Å²) < 4.78 is 1.05. The van der Waals surface area contributed by atoms with Crippen LogP contribution in [-0.2, 0) is 4.79 Å². The van der Waals surface area contributed by atoms with E-state index in [1.54, 1.807) is 25.1 Å². The topological polar surface area (TPSA) is 64.7 Å². The van der Waals surface area contributed by atoms with Crippen LogP contribution in [0.5, 0.6) is 0 Å². The Balaban J connectivity index is 1.58. The van der Waals surface area contributed by atoms with Crippen LogP contribution in [0.3, 0.4) is 0 Å². The van der Waals surface area contributed by atoms with Crippen molar-refractivity contribution in [2.24, 2.45) is 0 Å². The van der Waals surface area contributed by atoms with E-state index in [0.717, 1.165) is 22.3 Å². The lowest BCUT2D eigenvalue weighted by atomic mass is 10.2. The minimum absolute atomic E-state index is 0.0936. The van der Waals surface area contributed by atoms with E-state index in [0.29, 0.717) is 29.4 Å². The number of hydrogen-bond donors (Lipinski definition) is 2. The summed E-state index contributed by atoms with van der Waals surface area (Å²) in [6.07, 6.45) is 0. The summed E-state index contributed by atoms with van der Waals surface area (Å²) >= 11 is 13.9. The molecule has 152 valence electrons. The van der Waals surface area contributed by atoms with Crippen molar-refractivity contribution in [1.29, 1.82) is 0 Å². The lowest BCUT2D eigenvalue weighted by Gasteiger charge is -2.36. The first-order valence-corrected chi connectivity index (χ1v) is 10.9. The highest BCUT2D eigenvalue weighted by Gasteiger charge is 2.20. The standard InChI is InChI=1S/C20H20ClIN4O2S/c1-13(27)25-8-10-26(11-9-25)18-7-6-16(12-17(18)21)23-20(29)24-19(28)14-2-4-15(22)5-3-14/h2-7,12H,8-11H2,1H3,(H2,23,24,28,29). The molecule has 0 unspecified atom stereocenters. The summed E-state index contributed by atoms with van der Waals surface area (Å²) in [6.45, 7) is 4.41. The first-order valence-electron chi connectivity index (χ1n) is 9.01. The number of nitrogens with zero attached hydrogens (tertiary/aromatic N) is 2. The zero-order chi connectivity index (χ0) is 21.0. The molecule has 0 saturated carbocycles. The van der Waals surface area contributed by atoms with Crippen molar-refractivity contribution in [2.45, 2.75) is 6.92 Å². The van der Waals surface area contributed by atoms with Crippen LogP contribution in [-0.4, -0.2) is 48.0 Å². The van der Waals surface area contributed by atoms with Gasteiger partial charge in [0.2, 0.25) is 5.91 Å². The fraction of sp³-hybridized carbons (Fsp3) is 0.250. The Morgan fingerprint density at radius 3 is 2.31 bits per heavy atom. The average molecular weight is 543 g/mol. The van der Waals surface area contributed by atoms with E-state index in [9.17, 15) is 9.59 Å². The van der Waals surface area contributed by atoms with Gasteiger partial charge in [-0.25, -0.2) is 0 Å². The number of nitrogens with one attached hydrogen (secondary N) is 2. The van der Waals surface area contributed by atoms with Gasteiger partial charge < -0.3 is 15.1 Å². The molecule has 3 rings (SSSR count). The predicted octanol–water partition coefficient (Wildman–Crippen LogP) is 3.74. The maximum atomic E-state index is 12.3. The molecule has 0 bridgehead atoms. The number of carbonyl (C=O) groups excluding carboxylic acids is 2. The Kier molecular flexibility index (Phi) is 7.31. The van der Waals surface area contributed by atoms with Crippen LogP contribution in [0.25, 0.3) is 0 Å². The van der Waals surface area contributed by atoms with Gasteiger partial charge in [0.15, 0.2) is 5.11 Å². The molecule has 2 N–H and O–H groups in total. The van der Waals surface area contributed by atoms with Gasteiger partial charge in [0.1, 0.15) is 0 Å². The molecule has 0 aliphatic carbocycles. The Hall–Kier alpha value is -1.91. The van der Waals surface area contributed by atoms with Gasteiger partial charge in [-0.3, -0.25) is 14.9 Å². The minimum atomic E-state index is -0.273. The maximum Gasteiger partial charge on any atom is 0.257 e. The highest BCUT2D eigenvalue weighted by molar-refractivity contribution is 14.1. The molecule has 2 aromatic carbocycles. The molecule has 1 saturated heterocycles. The number of benzene rings is 2. The summed E-state index contributed by atoms with van der Waals surface area (Å²) in [4.78, 5) is 27.7. The molecule has 6 nitrogen and oxygen atoms in total. The Morgan fingerprint density at radius 1 is 1.07 bits per heavy atom. The molecule has 0 aromatic heterocycles. The van der Waals surface area contributed by atoms with Crippen molar-refractivity contribution in [1.82, 2.24) is 10.2 Å². The smallest absolute Gasteiger partial charge is 0.257 e. The first-order chi connectivity index (χ1) is 13.8. The maximum absolute atomic E-state index is 12.3. The van der Waals surface area contributed by atoms with Crippen LogP contribution >= 0.6 is 46.4 Å². The van der Waals surface area contributed by atoms with Gasteiger partial charge >= 0.3 is 0 Å². The molecule has 0 radical (unpaired) electrons. The number of carbonyl (C=O) groups is 2. The zero-order valence-corrected chi connectivity index (χ0v) is 19.5. The predicted molar refractivity (Wildman–Crippen MR) is 129 cm³/mol. The molecule has 0 spiro atoms. The SMILES string of the molecule is CC(=O)N1CCN(c2ccc(NC(=S)NC(=O)c3ccc(I)cc3)cc2Cl)CC1. The molecule has 1 aliphatic rings. The number of hydrogen-bond acceptors (Lipinski definition) is 4. The van der Waals surface area contributed by atoms with Gasteiger partial charge in [-0.15, -0.1) is 0 Å². The highest BCUT2D eigenvalue weighted by atomic mass is 127. The van der Waals surface area contributed by atoms with Gasteiger partial charge in [-0.1, -0.05) is 11.6 Å². The third kappa shape index (κ3) is 5.80. The minimum Gasteiger partial charge on any atom is -0.367 e. The van der Waals surface area contributed by atoms with Gasteiger partial charge in [-0.05, 0) is 77.3 Å². The summed E-state index contributed by atoms with van der Waals surface area (Å²) in [5.41, 5.74) is 2.14. The van der Waals surface area contributed by atoms with Gasteiger partial charge in [0.25, 0.3) is 5.91 Å². The molecule has 1 aliphatic heterocycles. The van der Waals surface area contributed by atoms with Gasteiger partial charge in [-0.2, -0.15) is 0 Å². The van der Waals surface area contributed by atoms with Gasteiger partial charge in [0, 0.05) is 47.9 Å². The van der Waals surface area contributed by atoms with E-state index in [1.165, 1.54) is 0 Å². The second-order valence-corrected chi connectivity index (χ2v) is 8.64. The fourth-order valence-electron chi connectivity index (χ4n) is 3.04. The largest absolute Gasteiger partial charge is 0.367 e. The monoisotopic (exact) mass is 542 g/mol. The molecule has 1 heterocycles. The van der Waals surface area contributed by atoms with E-state index < -0.39 is 0 Å². The lowest BCUT2D eigenvalue weighted by Crippen LogP contribution is -2.48. The Labute approximate surface area is 193 Å². The number of thiocarbonyl (C=S) groups is 1. The van der Waals surface area contributed by atoms with E-state index in [1.807, 2.05) is 29.2 Å². The van der Waals surface area contributed by atoms with Crippen LogP contribution in [0.2, 0.25) is 5.02 Å². The first kappa shape index (κ1) is 21.8. The Morgan fingerprint density at radius 2 is 1.72 bits per heavy atom. The number of piperazine rings is 1. The van der Waals surface area contributed by atoms with Crippen molar-refractivity contribution in [3.63, 3.8) is 0 Å². The molecule has 1 fully saturated rings. The van der Waals surface area contributed by atoms with Crippen LogP contribution in [0, 0.1) is 3.57 Å². The van der Waals surface area contributed by atoms with E-state index in [-0.39, 0.29) is 16.9 Å². The number of halogens is 2.